The van der Waals surface area contributed by atoms with Crippen molar-refractivity contribution in [1.29, 1.82) is 0 Å². The van der Waals surface area contributed by atoms with Crippen LogP contribution < -0.4 is 20.9 Å². The summed E-state index contributed by atoms with van der Waals surface area (Å²) >= 11 is 0. The molecular formula is C26H38N6O4. The van der Waals surface area contributed by atoms with Gasteiger partial charge < -0.3 is 24.2 Å². The number of ether oxygens (including phenoxy) is 1. The number of aliphatic hydroxyl groups is 1. The van der Waals surface area contributed by atoms with Gasteiger partial charge in [0.1, 0.15) is 18.5 Å². The van der Waals surface area contributed by atoms with Crippen LogP contribution in [0.25, 0.3) is 11.2 Å². The smallest absolute Gasteiger partial charge is 0.332 e. The number of anilines is 1. The standard InChI is InChI=1S/C26H38N6O4/c1-7-30-10-12-31(13-11-30)25-27-23-22(24(34)29(6)26(35)28(23)5)32(25)15-19(33)16-36-21-14-18(4)8-9-20(21)17(2)3/h8-9,14,17,19,33H,7,10-13,15-16H2,1-6H3/t19-/m1/s1. The van der Waals surface area contributed by atoms with Crippen molar-refractivity contribution < 1.29 is 9.84 Å². The van der Waals surface area contributed by atoms with Crippen LogP contribution in [0.2, 0.25) is 0 Å². The second-order valence-electron chi connectivity index (χ2n) is 9.98. The number of aromatic nitrogens is 4. The van der Waals surface area contributed by atoms with Crippen molar-refractivity contribution in [3.8, 4) is 5.75 Å². The lowest BCUT2D eigenvalue weighted by atomic mass is 10.0. The van der Waals surface area contributed by atoms with Crippen LogP contribution >= 0.6 is 0 Å². The van der Waals surface area contributed by atoms with E-state index in [-0.39, 0.29) is 19.1 Å². The van der Waals surface area contributed by atoms with Crippen LogP contribution in [-0.4, -0.2) is 74.1 Å². The molecule has 1 saturated heterocycles. The summed E-state index contributed by atoms with van der Waals surface area (Å²) in [6.07, 6.45) is -0.888. The van der Waals surface area contributed by atoms with Crippen LogP contribution in [0.5, 0.6) is 5.75 Å². The summed E-state index contributed by atoms with van der Waals surface area (Å²) in [5, 5.41) is 11.0. The number of benzene rings is 1. The highest BCUT2D eigenvalue weighted by atomic mass is 16.5. The SMILES string of the molecule is CCN1CCN(c2nc3c(c(=O)n(C)c(=O)n3C)n2C[C@@H](O)COc2cc(C)ccc2C(C)C)CC1. The first-order chi connectivity index (χ1) is 17.1. The van der Waals surface area contributed by atoms with Crippen molar-refractivity contribution in [2.75, 3.05) is 44.2 Å². The highest BCUT2D eigenvalue weighted by Gasteiger charge is 2.26. The Morgan fingerprint density at radius 3 is 2.42 bits per heavy atom. The third-order valence-electron chi connectivity index (χ3n) is 7.05. The number of likely N-dealkylation sites (N-methyl/N-ethyl adjacent to an activating group) is 1. The number of rotatable bonds is 8. The number of imidazole rings is 1. The van der Waals surface area contributed by atoms with Gasteiger partial charge in [-0.05, 0) is 36.6 Å². The van der Waals surface area contributed by atoms with Crippen LogP contribution in [-0.2, 0) is 20.6 Å². The van der Waals surface area contributed by atoms with Gasteiger partial charge in [0.05, 0.1) is 6.54 Å². The molecule has 0 amide bonds. The highest BCUT2D eigenvalue weighted by Crippen LogP contribution is 2.28. The number of aryl methyl sites for hydroxylation is 2. The van der Waals surface area contributed by atoms with E-state index in [0.717, 1.165) is 54.2 Å². The minimum Gasteiger partial charge on any atom is -0.491 e. The van der Waals surface area contributed by atoms with Gasteiger partial charge in [-0.2, -0.15) is 4.98 Å². The molecule has 0 radical (unpaired) electrons. The molecule has 36 heavy (non-hydrogen) atoms. The molecule has 10 nitrogen and oxygen atoms in total. The zero-order chi connectivity index (χ0) is 26.1. The van der Waals surface area contributed by atoms with E-state index in [1.807, 2.05) is 13.0 Å². The number of hydrogen-bond acceptors (Lipinski definition) is 7. The van der Waals surface area contributed by atoms with E-state index in [9.17, 15) is 14.7 Å². The Labute approximate surface area is 211 Å². The molecule has 0 saturated carbocycles. The maximum absolute atomic E-state index is 13.2. The van der Waals surface area contributed by atoms with Crippen LogP contribution in [0, 0.1) is 6.92 Å². The average Bonchev–Trinajstić information content (AvgIpc) is 3.24. The predicted octanol–water partition coefficient (Wildman–Crippen LogP) is 1.45. The van der Waals surface area contributed by atoms with E-state index in [4.69, 9.17) is 9.72 Å². The first-order valence-corrected chi connectivity index (χ1v) is 12.7. The zero-order valence-corrected chi connectivity index (χ0v) is 22.2. The van der Waals surface area contributed by atoms with Crippen LogP contribution in [0.4, 0.5) is 5.95 Å². The Hall–Kier alpha value is -3.11. The van der Waals surface area contributed by atoms with Crippen molar-refractivity contribution in [2.45, 2.75) is 46.3 Å². The summed E-state index contributed by atoms with van der Waals surface area (Å²) in [4.78, 5) is 35.0. The first-order valence-electron chi connectivity index (χ1n) is 12.7. The number of nitrogens with zero attached hydrogens (tertiary/aromatic N) is 6. The zero-order valence-electron chi connectivity index (χ0n) is 22.2. The number of aliphatic hydroxyl groups excluding tert-OH is 1. The van der Waals surface area contributed by atoms with Crippen molar-refractivity contribution in [3.05, 3.63) is 50.2 Å². The van der Waals surface area contributed by atoms with Crippen LogP contribution in [0.3, 0.4) is 0 Å². The lowest BCUT2D eigenvalue weighted by Crippen LogP contribution is -2.47. The summed E-state index contributed by atoms with van der Waals surface area (Å²) in [6, 6.07) is 6.10. The predicted molar refractivity (Wildman–Crippen MR) is 141 cm³/mol. The van der Waals surface area contributed by atoms with E-state index in [1.165, 1.54) is 11.6 Å². The molecule has 3 heterocycles. The monoisotopic (exact) mass is 498 g/mol. The summed E-state index contributed by atoms with van der Waals surface area (Å²) < 4.78 is 10.3. The lowest BCUT2D eigenvalue weighted by Gasteiger charge is -2.35. The minimum absolute atomic E-state index is 0.0674. The molecule has 1 N–H and O–H groups in total. The molecule has 1 atom stereocenters. The molecule has 0 aliphatic carbocycles. The van der Waals surface area contributed by atoms with Crippen LogP contribution in [0.15, 0.2) is 27.8 Å². The highest BCUT2D eigenvalue weighted by molar-refractivity contribution is 5.74. The molecule has 1 aromatic carbocycles. The second-order valence-corrected chi connectivity index (χ2v) is 9.98. The molecule has 0 bridgehead atoms. The van der Waals surface area contributed by atoms with Gasteiger partial charge in [0.2, 0.25) is 5.95 Å². The fourth-order valence-electron chi connectivity index (χ4n) is 4.81. The second kappa shape index (κ2) is 10.5. The van der Waals surface area contributed by atoms with Crippen molar-refractivity contribution >= 4 is 17.1 Å². The van der Waals surface area contributed by atoms with Gasteiger partial charge in [-0.3, -0.25) is 13.9 Å². The van der Waals surface area contributed by atoms with E-state index in [2.05, 4.69) is 42.7 Å². The molecule has 1 aliphatic heterocycles. The van der Waals surface area contributed by atoms with Crippen LogP contribution in [0.1, 0.15) is 37.8 Å². The molecule has 1 aliphatic rings. The van der Waals surface area contributed by atoms with Gasteiger partial charge >= 0.3 is 5.69 Å². The normalized spacial score (nSPS) is 15.7. The summed E-state index contributed by atoms with van der Waals surface area (Å²) in [6.45, 7) is 12.8. The average molecular weight is 499 g/mol. The van der Waals surface area contributed by atoms with E-state index in [1.54, 1.807) is 11.6 Å². The molecule has 196 valence electrons. The number of fused-ring (bicyclic) bond motifs is 1. The topological polar surface area (TPSA) is 97.8 Å². The fraction of sp³-hybridized carbons (Fsp3) is 0.577. The minimum atomic E-state index is -0.888. The van der Waals surface area contributed by atoms with Gasteiger partial charge in [-0.15, -0.1) is 0 Å². The Morgan fingerprint density at radius 1 is 1.08 bits per heavy atom. The lowest BCUT2D eigenvalue weighted by molar-refractivity contribution is 0.0928. The van der Waals surface area contributed by atoms with Gasteiger partial charge in [-0.25, -0.2) is 4.79 Å². The van der Waals surface area contributed by atoms with Crippen molar-refractivity contribution in [2.24, 2.45) is 14.1 Å². The molecule has 1 fully saturated rings. The molecule has 10 heteroatoms. The summed E-state index contributed by atoms with van der Waals surface area (Å²) in [5.41, 5.74) is 1.95. The number of piperazine rings is 1. The summed E-state index contributed by atoms with van der Waals surface area (Å²) in [5.74, 6) is 1.64. The number of hydrogen-bond donors (Lipinski definition) is 1. The van der Waals surface area contributed by atoms with E-state index in [0.29, 0.717) is 17.1 Å². The Morgan fingerprint density at radius 2 is 1.78 bits per heavy atom. The van der Waals surface area contributed by atoms with Gasteiger partial charge in [-0.1, -0.05) is 32.9 Å². The fourth-order valence-corrected chi connectivity index (χ4v) is 4.81. The van der Waals surface area contributed by atoms with Gasteiger partial charge in [0.25, 0.3) is 5.56 Å². The third kappa shape index (κ3) is 4.92. The van der Waals surface area contributed by atoms with E-state index >= 15 is 0 Å². The molecule has 0 spiro atoms. The Bertz CT molecular complexity index is 1350. The molecular weight excluding hydrogens is 460 g/mol. The molecule has 0 unspecified atom stereocenters. The maximum atomic E-state index is 13.2. The Kier molecular flexibility index (Phi) is 7.56. The van der Waals surface area contributed by atoms with Crippen molar-refractivity contribution in [1.82, 2.24) is 23.6 Å². The van der Waals surface area contributed by atoms with Crippen molar-refractivity contribution in [3.63, 3.8) is 0 Å². The maximum Gasteiger partial charge on any atom is 0.332 e. The molecule has 3 aromatic rings. The molecule has 4 rings (SSSR count). The van der Waals surface area contributed by atoms with Gasteiger partial charge in [0, 0.05) is 40.3 Å². The first kappa shape index (κ1) is 26.0. The third-order valence-corrected chi connectivity index (χ3v) is 7.05. The van der Waals surface area contributed by atoms with E-state index < -0.39 is 17.4 Å². The Balaban J connectivity index is 1.67. The molecule has 2 aromatic heterocycles. The largest absolute Gasteiger partial charge is 0.491 e. The quantitative estimate of drug-likeness (QED) is 0.502. The van der Waals surface area contributed by atoms with Gasteiger partial charge in [0.15, 0.2) is 11.2 Å². The summed E-state index contributed by atoms with van der Waals surface area (Å²) in [7, 11) is 3.08.